The first-order valence-corrected chi connectivity index (χ1v) is 7.12. The van der Waals surface area contributed by atoms with Crippen LogP contribution in [0.5, 0.6) is 0 Å². The van der Waals surface area contributed by atoms with Crippen LogP contribution >= 0.6 is 10.7 Å². The molecule has 0 radical (unpaired) electrons. The molecule has 0 atom stereocenters. The molecule has 0 saturated heterocycles. The monoisotopic (exact) mass is 271 g/mol. The second-order valence-corrected chi connectivity index (χ2v) is 6.08. The number of aryl methyl sites for hydroxylation is 1. The number of hydrogen-bond acceptors (Lipinski definition) is 4. The third-order valence-electron chi connectivity index (χ3n) is 2.44. The first-order chi connectivity index (χ1) is 7.91. The van der Waals surface area contributed by atoms with E-state index in [2.05, 4.69) is 10.2 Å². The van der Waals surface area contributed by atoms with Gasteiger partial charge in [0.25, 0.3) is 14.2 Å². The summed E-state index contributed by atoms with van der Waals surface area (Å²) in [4.78, 5) is 0. The average Bonchev–Trinajstić information content (AvgIpc) is 2.60. The summed E-state index contributed by atoms with van der Waals surface area (Å²) in [5.41, 5.74) is 1.82. The molecule has 1 aromatic carbocycles. The lowest BCUT2D eigenvalue weighted by molar-refractivity contribution is 0.593. The summed E-state index contributed by atoms with van der Waals surface area (Å²) in [5.74, 6) is 0.474. The van der Waals surface area contributed by atoms with Crippen molar-refractivity contribution in [2.45, 2.75) is 12.1 Å². The minimum Gasteiger partial charge on any atom is -0.300 e. The Bertz CT molecular complexity index is 664. The van der Waals surface area contributed by atoms with E-state index in [0.29, 0.717) is 5.82 Å². The predicted octanol–water partition coefficient (Wildman–Crippen LogP) is 1.72. The van der Waals surface area contributed by atoms with Gasteiger partial charge < -0.3 is 0 Å². The molecular weight excluding hydrogens is 262 g/mol. The van der Waals surface area contributed by atoms with E-state index in [-0.39, 0.29) is 5.16 Å². The number of nitrogens with zero attached hydrogens (tertiary/aromatic N) is 3. The normalized spacial score (nSPS) is 11.7. The molecule has 5 nitrogen and oxygen atoms in total. The third kappa shape index (κ3) is 2.18. The number of benzene rings is 1. The lowest BCUT2D eigenvalue weighted by Gasteiger charge is -2.04. The summed E-state index contributed by atoms with van der Waals surface area (Å²) >= 11 is 0. The molecule has 0 saturated carbocycles. The molecule has 90 valence electrons. The first-order valence-electron chi connectivity index (χ1n) is 4.81. The van der Waals surface area contributed by atoms with Crippen LogP contribution in [0.4, 0.5) is 0 Å². The van der Waals surface area contributed by atoms with Gasteiger partial charge in [0.05, 0.1) is 0 Å². The van der Waals surface area contributed by atoms with Crippen LogP contribution in [0.2, 0.25) is 0 Å². The maximum absolute atomic E-state index is 11.2. The molecule has 2 rings (SSSR count). The largest absolute Gasteiger partial charge is 0.300 e. The number of hydrogen-bond donors (Lipinski definition) is 0. The fourth-order valence-corrected chi connectivity index (χ4v) is 2.54. The van der Waals surface area contributed by atoms with Crippen molar-refractivity contribution in [1.82, 2.24) is 14.8 Å². The third-order valence-corrected chi connectivity index (χ3v) is 3.64. The van der Waals surface area contributed by atoms with Crippen molar-refractivity contribution >= 4 is 19.7 Å². The Labute approximate surface area is 103 Å². The molecule has 0 aliphatic rings. The summed E-state index contributed by atoms with van der Waals surface area (Å²) in [5, 5.41) is 7.21. The van der Waals surface area contributed by atoms with Gasteiger partial charge in [-0.25, -0.2) is 8.42 Å². The summed E-state index contributed by atoms with van der Waals surface area (Å²) in [6.45, 7) is 1.92. The summed E-state index contributed by atoms with van der Waals surface area (Å²) in [6.07, 6.45) is 0. The van der Waals surface area contributed by atoms with Gasteiger partial charge in [-0.05, 0) is 12.5 Å². The Kier molecular flexibility index (Phi) is 2.92. The van der Waals surface area contributed by atoms with Gasteiger partial charge in [-0.15, -0.1) is 10.2 Å². The van der Waals surface area contributed by atoms with Crippen LogP contribution in [0.15, 0.2) is 29.4 Å². The van der Waals surface area contributed by atoms with Crippen molar-refractivity contribution in [3.05, 3.63) is 29.8 Å². The second kappa shape index (κ2) is 4.12. The van der Waals surface area contributed by atoms with Gasteiger partial charge in [0.15, 0.2) is 5.82 Å². The van der Waals surface area contributed by atoms with Gasteiger partial charge in [0.2, 0.25) is 0 Å². The minimum absolute atomic E-state index is 0.252. The summed E-state index contributed by atoms with van der Waals surface area (Å²) in [7, 11) is 2.95. The fourth-order valence-electron chi connectivity index (χ4n) is 1.59. The van der Waals surface area contributed by atoms with E-state index in [0.717, 1.165) is 11.1 Å². The zero-order valence-corrected chi connectivity index (χ0v) is 10.8. The molecule has 0 aliphatic carbocycles. The van der Waals surface area contributed by atoms with Gasteiger partial charge >= 0.3 is 0 Å². The van der Waals surface area contributed by atoms with Gasteiger partial charge in [0.1, 0.15) is 0 Å². The highest BCUT2D eigenvalue weighted by Crippen LogP contribution is 2.23. The smallest absolute Gasteiger partial charge is 0.296 e. The summed E-state index contributed by atoms with van der Waals surface area (Å²) in [6, 6.07) is 7.52. The van der Waals surface area contributed by atoms with Crippen molar-refractivity contribution in [3.8, 4) is 11.4 Å². The van der Waals surface area contributed by atoms with Crippen molar-refractivity contribution in [2.24, 2.45) is 7.05 Å². The van der Waals surface area contributed by atoms with Crippen LogP contribution in [0, 0.1) is 6.92 Å². The highest BCUT2D eigenvalue weighted by atomic mass is 35.7. The standard InChI is InChI=1S/C10H10ClN3O2S/c1-7-5-3-4-6-8(7)9-12-13-10(14(9)2)17(11,15)16/h3-6H,1-2H3. The highest BCUT2D eigenvalue weighted by Gasteiger charge is 2.21. The fraction of sp³-hybridized carbons (Fsp3) is 0.200. The van der Waals surface area contributed by atoms with E-state index in [9.17, 15) is 8.42 Å². The number of aromatic nitrogens is 3. The molecule has 1 aromatic heterocycles. The van der Waals surface area contributed by atoms with Crippen LogP contribution in [0.25, 0.3) is 11.4 Å². The lowest BCUT2D eigenvalue weighted by atomic mass is 10.1. The van der Waals surface area contributed by atoms with E-state index in [1.165, 1.54) is 4.57 Å². The number of halogens is 1. The zero-order chi connectivity index (χ0) is 12.6. The van der Waals surface area contributed by atoms with Crippen LogP contribution < -0.4 is 0 Å². The maximum atomic E-state index is 11.2. The predicted molar refractivity (Wildman–Crippen MR) is 64.2 cm³/mol. The van der Waals surface area contributed by atoms with Gasteiger partial charge in [0, 0.05) is 23.3 Å². The zero-order valence-electron chi connectivity index (χ0n) is 9.25. The topological polar surface area (TPSA) is 64.8 Å². The molecule has 0 amide bonds. The van der Waals surface area contributed by atoms with Crippen LogP contribution in [-0.4, -0.2) is 23.2 Å². The van der Waals surface area contributed by atoms with Crippen molar-refractivity contribution in [3.63, 3.8) is 0 Å². The average molecular weight is 272 g/mol. The summed E-state index contributed by atoms with van der Waals surface area (Å²) < 4.78 is 23.8. The number of rotatable bonds is 2. The van der Waals surface area contributed by atoms with Crippen molar-refractivity contribution < 1.29 is 8.42 Å². The van der Waals surface area contributed by atoms with Gasteiger partial charge in [-0.1, -0.05) is 24.3 Å². The van der Waals surface area contributed by atoms with E-state index in [1.54, 1.807) is 7.05 Å². The Morgan fingerprint density at radius 3 is 2.41 bits per heavy atom. The Morgan fingerprint density at radius 1 is 1.24 bits per heavy atom. The molecule has 0 unspecified atom stereocenters. The molecule has 1 heterocycles. The quantitative estimate of drug-likeness (QED) is 0.780. The molecule has 0 bridgehead atoms. The van der Waals surface area contributed by atoms with Gasteiger partial charge in [-0.3, -0.25) is 4.57 Å². The van der Waals surface area contributed by atoms with Crippen LogP contribution in [-0.2, 0) is 16.1 Å². The molecule has 0 aliphatic heterocycles. The molecule has 2 aromatic rings. The van der Waals surface area contributed by atoms with Gasteiger partial charge in [-0.2, -0.15) is 0 Å². The molecule has 0 N–H and O–H groups in total. The maximum Gasteiger partial charge on any atom is 0.296 e. The van der Waals surface area contributed by atoms with E-state index < -0.39 is 9.05 Å². The second-order valence-electron chi connectivity index (χ2n) is 3.62. The van der Waals surface area contributed by atoms with Crippen molar-refractivity contribution in [2.75, 3.05) is 0 Å². The molecule has 0 fully saturated rings. The Morgan fingerprint density at radius 2 is 1.88 bits per heavy atom. The lowest BCUT2D eigenvalue weighted by Crippen LogP contribution is -2.03. The minimum atomic E-state index is -3.87. The molecule has 17 heavy (non-hydrogen) atoms. The van der Waals surface area contributed by atoms with E-state index in [1.807, 2.05) is 31.2 Å². The van der Waals surface area contributed by atoms with E-state index in [4.69, 9.17) is 10.7 Å². The molecular formula is C10H10ClN3O2S. The SMILES string of the molecule is Cc1ccccc1-c1nnc(S(=O)(=O)Cl)n1C. The Balaban J connectivity index is 2.64. The Hall–Kier alpha value is -1.40. The first kappa shape index (κ1) is 12.1. The van der Waals surface area contributed by atoms with E-state index >= 15 is 0 Å². The molecule has 0 spiro atoms. The van der Waals surface area contributed by atoms with Crippen LogP contribution in [0.1, 0.15) is 5.56 Å². The van der Waals surface area contributed by atoms with Crippen molar-refractivity contribution in [1.29, 1.82) is 0 Å². The van der Waals surface area contributed by atoms with Crippen LogP contribution in [0.3, 0.4) is 0 Å². The molecule has 7 heteroatoms. The highest BCUT2D eigenvalue weighted by molar-refractivity contribution is 8.13.